The zero-order valence-electron chi connectivity index (χ0n) is 13.7. The van der Waals surface area contributed by atoms with Crippen LogP contribution in [0.3, 0.4) is 0 Å². The largest absolute Gasteiger partial charge is 0.496 e. The van der Waals surface area contributed by atoms with Gasteiger partial charge in [-0.15, -0.1) is 10.2 Å². The van der Waals surface area contributed by atoms with Gasteiger partial charge >= 0.3 is 0 Å². The Balaban J connectivity index is 1.97. The molecule has 0 unspecified atom stereocenters. The summed E-state index contributed by atoms with van der Waals surface area (Å²) in [5.74, 6) is 1.58. The molecule has 5 rings (SSSR count). The smallest absolute Gasteiger partial charge is 0.173 e. The lowest BCUT2D eigenvalue weighted by Crippen LogP contribution is -1.96. The van der Waals surface area contributed by atoms with E-state index in [1.165, 1.54) is 0 Å². The van der Waals surface area contributed by atoms with Gasteiger partial charge in [0.15, 0.2) is 11.5 Å². The van der Waals surface area contributed by atoms with Gasteiger partial charge in [-0.1, -0.05) is 48.5 Å². The molecule has 0 bridgehead atoms. The Hall–Kier alpha value is -3.40. The van der Waals surface area contributed by atoms with Crippen molar-refractivity contribution in [3.8, 4) is 17.1 Å². The standard InChI is InChI=1S/C21H15N3O/c1-25-18-12-10-14-6-2-4-8-16(14)20(18)21-23-22-19-13-11-15-7-3-5-9-17(15)24(19)21/h2-13H,1H3. The van der Waals surface area contributed by atoms with E-state index >= 15 is 0 Å². The van der Waals surface area contributed by atoms with E-state index in [0.717, 1.165) is 44.5 Å². The number of hydrogen-bond donors (Lipinski definition) is 0. The molecule has 2 aromatic heterocycles. The second kappa shape index (κ2) is 5.31. The Morgan fingerprint density at radius 2 is 1.52 bits per heavy atom. The maximum atomic E-state index is 5.66. The number of pyridine rings is 1. The molecule has 0 amide bonds. The number of aromatic nitrogens is 3. The minimum Gasteiger partial charge on any atom is -0.496 e. The van der Waals surface area contributed by atoms with Crippen LogP contribution < -0.4 is 4.74 Å². The molecule has 0 atom stereocenters. The normalized spacial score (nSPS) is 11.4. The zero-order valence-corrected chi connectivity index (χ0v) is 13.7. The van der Waals surface area contributed by atoms with Crippen LogP contribution in [0.15, 0.2) is 72.8 Å². The summed E-state index contributed by atoms with van der Waals surface area (Å²) in [4.78, 5) is 0. The number of ether oxygens (including phenoxy) is 1. The fraction of sp³-hybridized carbons (Fsp3) is 0.0476. The molecule has 0 N–H and O–H groups in total. The van der Waals surface area contributed by atoms with E-state index < -0.39 is 0 Å². The number of fused-ring (bicyclic) bond motifs is 4. The van der Waals surface area contributed by atoms with Crippen LogP contribution in [-0.4, -0.2) is 21.7 Å². The predicted molar refractivity (Wildman–Crippen MR) is 100.0 cm³/mol. The Labute approximate surface area is 144 Å². The lowest BCUT2D eigenvalue weighted by Gasteiger charge is -2.12. The topological polar surface area (TPSA) is 39.4 Å². The quantitative estimate of drug-likeness (QED) is 0.472. The van der Waals surface area contributed by atoms with Crippen LogP contribution in [0, 0.1) is 0 Å². The van der Waals surface area contributed by atoms with Crippen LogP contribution >= 0.6 is 0 Å². The zero-order chi connectivity index (χ0) is 16.8. The van der Waals surface area contributed by atoms with Crippen LogP contribution in [-0.2, 0) is 0 Å². The van der Waals surface area contributed by atoms with Gasteiger partial charge in [0.2, 0.25) is 0 Å². The van der Waals surface area contributed by atoms with Crippen LogP contribution in [0.25, 0.3) is 38.7 Å². The maximum absolute atomic E-state index is 5.66. The van der Waals surface area contributed by atoms with Crippen molar-refractivity contribution >= 4 is 27.3 Å². The summed E-state index contributed by atoms with van der Waals surface area (Å²) in [6.07, 6.45) is 0. The van der Waals surface area contributed by atoms with Crippen LogP contribution in [0.5, 0.6) is 5.75 Å². The molecular formula is C21H15N3O. The Bertz CT molecular complexity index is 1240. The first kappa shape index (κ1) is 14.0. The van der Waals surface area contributed by atoms with Gasteiger partial charge in [-0.05, 0) is 40.4 Å². The predicted octanol–water partition coefficient (Wildman–Crippen LogP) is 4.71. The summed E-state index contributed by atoms with van der Waals surface area (Å²) in [7, 11) is 1.69. The van der Waals surface area contributed by atoms with Crippen LogP contribution in [0.2, 0.25) is 0 Å². The van der Waals surface area contributed by atoms with Gasteiger partial charge in [0.25, 0.3) is 0 Å². The molecule has 0 saturated carbocycles. The van der Waals surface area contributed by atoms with E-state index in [-0.39, 0.29) is 0 Å². The number of methoxy groups -OCH3 is 1. The highest BCUT2D eigenvalue weighted by molar-refractivity contribution is 5.99. The first-order valence-electron chi connectivity index (χ1n) is 8.16. The first-order valence-corrected chi connectivity index (χ1v) is 8.16. The highest BCUT2D eigenvalue weighted by atomic mass is 16.5. The van der Waals surface area contributed by atoms with E-state index in [4.69, 9.17) is 4.74 Å². The third-order valence-electron chi connectivity index (χ3n) is 4.61. The van der Waals surface area contributed by atoms with Crippen molar-refractivity contribution < 1.29 is 4.74 Å². The van der Waals surface area contributed by atoms with E-state index in [9.17, 15) is 0 Å². The van der Waals surface area contributed by atoms with Crippen LogP contribution in [0.4, 0.5) is 0 Å². The molecule has 0 fully saturated rings. The second-order valence-corrected chi connectivity index (χ2v) is 5.97. The van der Waals surface area contributed by atoms with Gasteiger partial charge in [0.1, 0.15) is 5.75 Å². The summed E-state index contributed by atoms with van der Waals surface area (Å²) in [6.45, 7) is 0. The number of hydrogen-bond acceptors (Lipinski definition) is 3. The Kier molecular flexibility index (Phi) is 2.97. The Morgan fingerprint density at radius 1 is 0.760 bits per heavy atom. The molecule has 120 valence electrons. The summed E-state index contributed by atoms with van der Waals surface area (Å²) in [5, 5.41) is 12.3. The van der Waals surface area contributed by atoms with E-state index in [1.54, 1.807) is 7.11 Å². The monoisotopic (exact) mass is 325 g/mol. The van der Waals surface area contributed by atoms with Crippen molar-refractivity contribution in [1.29, 1.82) is 0 Å². The molecule has 4 heteroatoms. The fourth-order valence-electron chi connectivity index (χ4n) is 3.45. The average Bonchev–Trinajstić information content (AvgIpc) is 3.11. The van der Waals surface area contributed by atoms with Crippen molar-refractivity contribution in [3.63, 3.8) is 0 Å². The van der Waals surface area contributed by atoms with Crippen molar-refractivity contribution in [2.45, 2.75) is 0 Å². The second-order valence-electron chi connectivity index (χ2n) is 5.97. The lowest BCUT2D eigenvalue weighted by molar-refractivity contribution is 0.416. The maximum Gasteiger partial charge on any atom is 0.173 e. The van der Waals surface area contributed by atoms with Gasteiger partial charge in [0, 0.05) is 0 Å². The van der Waals surface area contributed by atoms with Gasteiger partial charge < -0.3 is 4.74 Å². The van der Waals surface area contributed by atoms with Crippen LogP contribution in [0.1, 0.15) is 0 Å². The van der Waals surface area contributed by atoms with E-state index in [1.807, 2.05) is 36.4 Å². The molecule has 3 aromatic carbocycles. The van der Waals surface area contributed by atoms with Gasteiger partial charge in [-0.2, -0.15) is 0 Å². The van der Waals surface area contributed by atoms with Crippen molar-refractivity contribution in [2.24, 2.45) is 0 Å². The highest BCUT2D eigenvalue weighted by Gasteiger charge is 2.17. The highest BCUT2D eigenvalue weighted by Crippen LogP contribution is 2.37. The molecule has 4 nitrogen and oxygen atoms in total. The fourth-order valence-corrected chi connectivity index (χ4v) is 3.45. The molecular weight excluding hydrogens is 310 g/mol. The van der Waals surface area contributed by atoms with E-state index in [0.29, 0.717) is 0 Å². The van der Waals surface area contributed by atoms with Gasteiger partial charge in [0.05, 0.1) is 18.2 Å². The lowest BCUT2D eigenvalue weighted by atomic mass is 10.0. The molecule has 0 radical (unpaired) electrons. The molecule has 0 aliphatic carbocycles. The van der Waals surface area contributed by atoms with E-state index in [2.05, 4.69) is 51.0 Å². The minimum atomic E-state index is 0.792. The average molecular weight is 325 g/mol. The summed E-state index contributed by atoms with van der Waals surface area (Å²) < 4.78 is 7.75. The summed E-state index contributed by atoms with van der Waals surface area (Å²) in [5.41, 5.74) is 2.86. The summed E-state index contributed by atoms with van der Waals surface area (Å²) >= 11 is 0. The third kappa shape index (κ3) is 2.01. The van der Waals surface area contributed by atoms with Gasteiger partial charge in [-0.25, -0.2) is 0 Å². The molecule has 5 aromatic rings. The van der Waals surface area contributed by atoms with Crippen molar-refractivity contribution in [2.75, 3.05) is 7.11 Å². The number of rotatable bonds is 2. The third-order valence-corrected chi connectivity index (χ3v) is 4.61. The molecule has 2 heterocycles. The summed E-state index contributed by atoms with van der Waals surface area (Å²) in [6, 6.07) is 24.7. The molecule has 0 aliphatic rings. The molecule has 0 saturated heterocycles. The number of para-hydroxylation sites is 1. The Morgan fingerprint density at radius 3 is 2.40 bits per heavy atom. The van der Waals surface area contributed by atoms with Crippen molar-refractivity contribution in [1.82, 2.24) is 14.6 Å². The SMILES string of the molecule is COc1ccc2ccccc2c1-c1nnc2ccc3ccccc3n12. The molecule has 25 heavy (non-hydrogen) atoms. The minimum absolute atomic E-state index is 0.792. The van der Waals surface area contributed by atoms with Crippen molar-refractivity contribution in [3.05, 3.63) is 72.8 Å². The number of benzene rings is 3. The van der Waals surface area contributed by atoms with Gasteiger partial charge in [-0.3, -0.25) is 4.40 Å². The first-order chi connectivity index (χ1) is 12.4. The number of nitrogens with zero attached hydrogens (tertiary/aromatic N) is 3. The molecule has 0 spiro atoms. The molecule has 0 aliphatic heterocycles.